The van der Waals surface area contributed by atoms with Crippen LogP contribution in [0, 0.1) is 11.3 Å². The van der Waals surface area contributed by atoms with E-state index in [1.165, 1.54) is 5.56 Å². The summed E-state index contributed by atoms with van der Waals surface area (Å²) in [4.78, 5) is 11.4. The largest absolute Gasteiger partial charge is 0.493 e. The lowest BCUT2D eigenvalue weighted by Crippen LogP contribution is -2.12. The van der Waals surface area contributed by atoms with Crippen molar-refractivity contribution >= 4 is 17.3 Å². The van der Waals surface area contributed by atoms with Gasteiger partial charge in [-0.1, -0.05) is 18.2 Å². The molecule has 0 fully saturated rings. The lowest BCUT2D eigenvalue weighted by molar-refractivity contribution is -0.137. The lowest BCUT2D eigenvalue weighted by Gasteiger charge is -2.19. The standard InChI is InChI=1S/C26H24N2O4/c1-31-16-21(14-26(29)30)18-4-8-23(19-5-9-25-20(12-19)10-11-32-25)24(13-18)28-22-6-2-17(15-27)3-7-22/h2-9,12-13,21,28H,10-11,14,16H2,1H3,(H,29,30). The van der Waals surface area contributed by atoms with Crippen LogP contribution in [0.5, 0.6) is 5.75 Å². The van der Waals surface area contributed by atoms with Gasteiger partial charge in [-0.05, 0) is 59.2 Å². The maximum atomic E-state index is 11.4. The molecular weight excluding hydrogens is 404 g/mol. The molecule has 6 heteroatoms. The van der Waals surface area contributed by atoms with E-state index in [0.29, 0.717) is 18.8 Å². The summed E-state index contributed by atoms with van der Waals surface area (Å²) in [5.74, 6) is -0.202. The fraction of sp³-hybridized carbons (Fsp3) is 0.231. The number of carboxylic acid groups (broad SMARTS) is 1. The van der Waals surface area contributed by atoms with E-state index in [-0.39, 0.29) is 12.3 Å². The topological polar surface area (TPSA) is 91.6 Å². The van der Waals surface area contributed by atoms with Crippen molar-refractivity contribution < 1.29 is 19.4 Å². The summed E-state index contributed by atoms with van der Waals surface area (Å²) in [6.45, 7) is 1.01. The SMILES string of the molecule is COCC(CC(=O)O)c1ccc(-c2ccc3c(c2)CCO3)c(Nc2ccc(C#N)cc2)c1. The molecular formula is C26H24N2O4. The first-order chi connectivity index (χ1) is 15.6. The number of carbonyl (C=O) groups is 1. The van der Waals surface area contributed by atoms with Gasteiger partial charge in [-0.3, -0.25) is 4.79 Å². The smallest absolute Gasteiger partial charge is 0.304 e. The van der Waals surface area contributed by atoms with E-state index in [1.54, 1.807) is 19.2 Å². The first-order valence-electron chi connectivity index (χ1n) is 10.5. The highest BCUT2D eigenvalue weighted by molar-refractivity contribution is 5.82. The van der Waals surface area contributed by atoms with E-state index < -0.39 is 5.97 Å². The summed E-state index contributed by atoms with van der Waals surface area (Å²) in [6, 6.07) is 21.5. The van der Waals surface area contributed by atoms with Gasteiger partial charge in [0.15, 0.2) is 0 Å². The Bertz CT molecular complexity index is 1170. The summed E-state index contributed by atoms with van der Waals surface area (Å²) in [5.41, 5.74) is 6.41. The summed E-state index contributed by atoms with van der Waals surface area (Å²) < 4.78 is 10.9. The number of methoxy groups -OCH3 is 1. The van der Waals surface area contributed by atoms with Crippen molar-refractivity contribution in [2.75, 3.05) is 25.6 Å². The Labute approximate surface area is 187 Å². The number of nitrogens with zero attached hydrogens (tertiary/aromatic N) is 1. The number of benzene rings is 3. The molecule has 0 saturated carbocycles. The second-order valence-corrected chi connectivity index (χ2v) is 7.79. The second-order valence-electron chi connectivity index (χ2n) is 7.79. The Kier molecular flexibility index (Phi) is 6.39. The van der Waals surface area contributed by atoms with E-state index in [9.17, 15) is 9.90 Å². The monoisotopic (exact) mass is 428 g/mol. The van der Waals surface area contributed by atoms with Crippen LogP contribution in [0.2, 0.25) is 0 Å². The zero-order chi connectivity index (χ0) is 22.5. The number of rotatable bonds is 8. The summed E-state index contributed by atoms with van der Waals surface area (Å²) >= 11 is 0. The predicted molar refractivity (Wildman–Crippen MR) is 122 cm³/mol. The molecule has 32 heavy (non-hydrogen) atoms. The maximum absolute atomic E-state index is 11.4. The number of anilines is 2. The van der Waals surface area contributed by atoms with E-state index in [4.69, 9.17) is 14.7 Å². The molecule has 1 aliphatic heterocycles. The molecule has 2 N–H and O–H groups in total. The molecule has 0 amide bonds. The van der Waals surface area contributed by atoms with Crippen LogP contribution in [-0.4, -0.2) is 31.4 Å². The summed E-state index contributed by atoms with van der Waals surface area (Å²) in [5, 5.41) is 21.9. The van der Waals surface area contributed by atoms with Crippen molar-refractivity contribution in [1.29, 1.82) is 5.26 Å². The van der Waals surface area contributed by atoms with Crippen LogP contribution < -0.4 is 10.1 Å². The van der Waals surface area contributed by atoms with Gasteiger partial charge in [0, 0.05) is 36.4 Å². The van der Waals surface area contributed by atoms with Crippen LogP contribution in [0.15, 0.2) is 60.7 Å². The average molecular weight is 428 g/mol. The van der Waals surface area contributed by atoms with Gasteiger partial charge in [0.1, 0.15) is 5.75 Å². The van der Waals surface area contributed by atoms with Gasteiger partial charge in [0.2, 0.25) is 0 Å². The quantitative estimate of drug-likeness (QED) is 0.518. The van der Waals surface area contributed by atoms with Crippen LogP contribution >= 0.6 is 0 Å². The number of nitriles is 1. The molecule has 1 aliphatic rings. The van der Waals surface area contributed by atoms with Gasteiger partial charge in [-0.2, -0.15) is 5.26 Å². The highest BCUT2D eigenvalue weighted by Crippen LogP contribution is 2.37. The minimum atomic E-state index is -0.864. The first kappa shape index (κ1) is 21.4. The van der Waals surface area contributed by atoms with Gasteiger partial charge in [-0.15, -0.1) is 0 Å². The minimum absolute atomic E-state index is 0.0142. The molecule has 1 heterocycles. The Hall–Kier alpha value is -3.82. The first-order valence-corrected chi connectivity index (χ1v) is 10.5. The van der Waals surface area contributed by atoms with Gasteiger partial charge in [0.25, 0.3) is 0 Å². The van der Waals surface area contributed by atoms with Gasteiger partial charge < -0.3 is 19.9 Å². The highest BCUT2D eigenvalue weighted by atomic mass is 16.5. The molecule has 6 nitrogen and oxygen atoms in total. The van der Waals surface area contributed by atoms with Crippen molar-refractivity contribution in [1.82, 2.24) is 0 Å². The van der Waals surface area contributed by atoms with E-state index in [2.05, 4.69) is 17.5 Å². The number of fused-ring (bicyclic) bond motifs is 1. The van der Waals surface area contributed by atoms with Crippen LogP contribution in [0.4, 0.5) is 11.4 Å². The van der Waals surface area contributed by atoms with E-state index in [1.807, 2.05) is 42.5 Å². The normalized spacial score (nSPS) is 13.0. The number of hydrogen-bond acceptors (Lipinski definition) is 5. The molecule has 162 valence electrons. The Morgan fingerprint density at radius 2 is 2.00 bits per heavy atom. The Morgan fingerprint density at radius 3 is 2.72 bits per heavy atom. The predicted octanol–water partition coefficient (Wildman–Crippen LogP) is 5.11. The molecule has 4 rings (SSSR count). The van der Waals surface area contributed by atoms with E-state index in [0.717, 1.165) is 40.2 Å². The van der Waals surface area contributed by atoms with Crippen LogP contribution in [0.1, 0.15) is 29.0 Å². The van der Waals surface area contributed by atoms with E-state index >= 15 is 0 Å². The third-order valence-corrected chi connectivity index (χ3v) is 5.60. The minimum Gasteiger partial charge on any atom is -0.493 e. The molecule has 3 aromatic rings. The number of aliphatic carboxylic acids is 1. The average Bonchev–Trinajstić information content (AvgIpc) is 3.27. The fourth-order valence-corrected chi connectivity index (χ4v) is 3.99. The summed E-state index contributed by atoms with van der Waals surface area (Å²) in [6.07, 6.45) is 0.869. The Balaban J connectivity index is 1.75. The molecule has 0 bridgehead atoms. The third kappa shape index (κ3) is 4.74. The third-order valence-electron chi connectivity index (χ3n) is 5.60. The van der Waals surface area contributed by atoms with Gasteiger partial charge in [-0.25, -0.2) is 0 Å². The van der Waals surface area contributed by atoms with Crippen LogP contribution in [0.3, 0.4) is 0 Å². The molecule has 1 atom stereocenters. The van der Waals surface area contributed by atoms with Crippen LogP contribution in [-0.2, 0) is 16.0 Å². The number of nitrogens with one attached hydrogen (secondary N) is 1. The maximum Gasteiger partial charge on any atom is 0.304 e. The molecule has 0 aliphatic carbocycles. The van der Waals surface area contributed by atoms with Crippen molar-refractivity contribution in [3.05, 3.63) is 77.4 Å². The van der Waals surface area contributed by atoms with Crippen molar-refractivity contribution in [3.63, 3.8) is 0 Å². The van der Waals surface area contributed by atoms with Gasteiger partial charge in [0.05, 0.1) is 31.3 Å². The zero-order valence-corrected chi connectivity index (χ0v) is 17.8. The molecule has 0 spiro atoms. The zero-order valence-electron chi connectivity index (χ0n) is 17.8. The molecule has 0 radical (unpaired) electrons. The molecule has 3 aromatic carbocycles. The molecule has 1 unspecified atom stereocenters. The molecule has 0 aromatic heterocycles. The second kappa shape index (κ2) is 9.54. The Morgan fingerprint density at radius 1 is 1.19 bits per heavy atom. The van der Waals surface area contributed by atoms with Gasteiger partial charge >= 0.3 is 5.97 Å². The fourth-order valence-electron chi connectivity index (χ4n) is 3.99. The highest BCUT2D eigenvalue weighted by Gasteiger charge is 2.19. The van der Waals surface area contributed by atoms with Crippen LogP contribution in [0.25, 0.3) is 11.1 Å². The number of carboxylic acids is 1. The summed E-state index contributed by atoms with van der Waals surface area (Å²) in [7, 11) is 1.58. The lowest BCUT2D eigenvalue weighted by atomic mass is 9.92. The van der Waals surface area contributed by atoms with Crippen molar-refractivity contribution in [3.8, 4) is 22.9 Å². The van der Waals surface area contributed by atoms with Crippen molar-refractivity contribution in [2.24, 2.45) is 0 Å². The number of ether oxygens (including phenoxy) is 2. The van der Waals surface area contributed by atoms with Crippen molar-refractivity contribution in [2.45, 2.75) is 18.8 Å². The number of hydrogen-bond donors (Lipinski definition) is 2. The molecule has 0 saturated heterocycles.